The molecule has 0 atom stereocenters. The zero-order valence-corrected chi connectivity index (χ0v) is 13.5. The lowest BCUT2D eigenvalue weighted by atomic mass is 10.1. The molecule has 0 aliphatic carbocycles. The number of carbonyl (C=O) groups excluding carboxylic acids is 1. The molecule has 24 heavy (non-hydrogen) atoms. The highest BCUT2D eigenvalue weighted by Crippen LogP contribution is 2.16. The summed E-state index contributed by atoms with van der Waals surface area (Å²) in [5.74, 6) is 0.435. The number of rotatable bonds is 5. The van der Waals surface area contributed by atoms with Crippen molar-refractivity contribution in [2.24, 2.45) is 0 Å². The summed E-state index contributed by atoms with van der Waals surface area (Å²) in [5.41, 5.74) is 2.41. The zero-order chi connectivity index (χ0) is 16.9. The van der Waals surface area contributed by atoms with E-state index in [9.17, 15) is 9.59 Å². The first-order valence-electron chi connectivity index (χ1n) is 8.03. The fourth-order valence-corrected chi connectivity index (χ4v) is 2.65. The molecule has 1 amide bonds. The van der Waals surface area contributed by atoms with E-state index in [0.29, 0.717) is 23.1 Å². The van der Waals surface area contributed by atoms with Gasteiger partial charge in [-0.3, -0.25) is 9.59 Å². The molecule has 0 bridgehead atoms. The summed E-state index contributed by atoms with van der Waals surface area (Å²) in [6.07, 6.45) is 1.51. The van der Waals surface area contributed by atoms with E-state index < -0.39 is 0 Å². The van der Waals surface area contributed by atoms with Crippen molar-refractivity contribution in [3.05, 3.63) is 70.3 Å². The van der Waals surface area contributed by atoms with Crippen molar-refractivity contribution in [3.63, 3.8) is 0 Å². The number of H-pyrrole nitrogens is 1. The van der Waals surface area contributed by atoms with Gasteiger partial charge in [0.25, 0.3) is 5.56 Å². The van der Waals surface area contributed by atoms with Crippen molar-refractivity contribution >= 4 is 22.5 Å². The minimum atomic E-state index is -0.174. The van der Waals surface area contributed by atoms with E-state index in [1.54, 1.807) is 18.2 Å². The van der Waals surface area contributed by atoms with E-state index >= 15 is 0 Å². The molecule has 3 aromatic rings. The molecule has 0 spiro atoms. The first-order chi connectivity index (χ1) is 11.7. The van der Waals surface area contributed by atoms with Crippen molar-refractivity contribution < 1.29 is 4.79 Å². The maximum atomic E-state index is 12.2. The molecule has 3 rings (SSSR count). The van der Waals surface area contributed by atoms with Crippen molar-refractivity contribution in [2.75, 3.05) is 5.32 Å². The minimum Gasteiger partial charge on any atom is -0.326 e. The lowest BCUT2D eigenvalue weighted by Gasteiger charge is -2.09. The average Bonchev–Trinajstić information content (AvgIpc) is 2.60. The second kappa shape index (κ2) is 7.08. The standard InChI is InChI=1S/C19H19N3O2/c1-2-13-7-3-5-9-15(13)21-18(23)12-11-17-20-16-10-6-4-8-14(16)19(24)22-17/h3-10H,2,11-12H2,1H3,(H,21,23)(H,20,22,24). The van der Waals surface area contributed by atoms with Gasteiger partial charge in [-0.25, -0.2) is 4.98 Å². The molecule has 0 radical (unpaired) electrons. The Morgan fingerprint density at radius 2 is 1.88 bits per heavy atom. The third-order valence-corrected chi connectivity index (χ3v) is 3.92. The van der Waals surface area contributed by atoms with Crippen LogP contribution >= 0.6 is 0 Å². The highest BCUT2D eigenvalue weighted by molar-refractivity contribution is 5.91. The van der Waals surface area contributed by atoms with Crippen LogP contribution in [0.4, 0.5) is 5.69 Å². The largest absolute Gasteiger partial charge is 0.326 e. The molecule has 2 aromatic carbocycles. The Morgan fingerprint density at radius 3 is 2.71 bits per heavy atom. The van der Waals surface area contributed by atoms with Crippen LogP contribution in [0.5, 0.6) is 0 Å². The van der Waals surface area contributed by atoms with Crippen molar-refractivity contribution in [3.8, 4) is 0 Å². The molecule has 0 aliphatic rings. The van der Waals surface area contributed by atoms with Crippen LogP contribution in [0.15, 0.2) is 53.3 Å². The van der Waals surface area contributed by atoms with Gasteiger partial charge in [0.1, 0.15) is 5.82 Å². The normalized spacial score (nSPS) is 10.7. The van der Waals surface area contributed by atoms with Gasteiger partial charge in [-0.05, 0) is 30.2 Å². The average molecular weight is 321 g/mol. The predicted octanol–water partition coefficient (Wildman–Crippen LogP) is 3.06. The van der Waals surface area contributed by atoms with E-state index in [1.165, 1.54) is 0 Å². The second-order valence-corrected chi connectivity index (χ2v) is 5.59. The third kappa shape index (κ3) is 3.51. The van der Waals surface area contributed by atoms with Crippen molar-refractivity contribution in [2.45, 2.75) is 26.2 Å². The number of fused-ring (bicyclic) bond motifs is 1. The van der Waals surface area contributed by atoms with Crippen molar-refractivity contribution in [1.82, 2.24) is 9.97 Å². The zero-order valence-electron chi connectivity index (χ0n) is 13.5. The number of hydrogen-bond donors (Lipinski definition) is 2. The number of nitrogens with one attached hydrogen (secondary N) is 2. The van der Waals surface area contributed by atoms with Crippen LogP contribution in [-0.2, 0) is 17.6 Å². The summed E-state index contributed by atoms with van der Waals surface area (Å²) in [5, 5.41) is 3.48. The fourth-order valence-electron chi connectivity index (χ4n) is 2.65. The molecule has 0 fully saturated rings. The van der Waals surface area contributed by atoms with Gasteiger partial charge in [-0.15, -0.1) is 0 Å². The summed E-state index contributed by atoms with van der Waals surface area (Å²) >= 11 is 0. The van der Waals surface area contributed by atoms with Gasteiger partial charge in [0, 0.05) is 18.5 Å². The topological polar surface area (TPSA) is 74.8 Å². The molecule has 0 aliphatic heterocycles. The monoisotopic (exact) mass is 321 g/mol. The Balaban J connectivity index is 1.69. The van der Waals surface area contributed by atoms with Crippen LogP contribution < -0.4 is 10.9 Å². The molecule has 1 heterocycles. The number of aromatic amines is 1. The number of amides is 1. The third-order valence-electron chi connectivity index (χ3n) is 3.92. The molecular formula is C19H19N3O2. The van der Waals surface area contributed by atoms with Gasteiger partial charge in [0.05, 0.1) is 10.9 Å². The Hall–Kier alpha value is -2.95. The van der Waals surface area contributed by atoms with Gasteiger partial charge in [-0.2, -0.15) is 0 Å². The molecule has 0 unspecified atom stereocenters. The van der Waals surface area contributed by atoms with E-state index in [-0.39, 0.29) is 17.9 Å². The van der Waals surface area contributed by atoms with Crippen LogP contribution in [0.1, 0.15) is 24.7 Å². The molecule has 2 N–H and O–H groups in total. The molecular weight excluding hydrogens is 302 g/mol. The Bertz CT molecular complexity index is 931. The fraction of sp³-hybridized carbons (Fsp3) is 0.211. The second-order valence-electron chi connectivity index (χ2n) is 5.59. The number of para-hydroxylation sites is 2. The van der Waals surface area contributed by atoms with Crippen LogP contribution in [-0.4, -0.2) is 15.9 Å². The quantitative estimate of drug-likeness (QED) is 0.758. The number of anilines is 1. The first-order valence-corrected chi connectivity index (χ1v) is 8.03. The number of aromatic nitrogens is 2. The summed E-state index contributed by atoms with van der Waals surface area (Å²) < 4.78 is 0. The number of aryl methyl sites for hydroxylation is 2. The van der Waals surface area contributed by atoms with Gasteiger partial charge in [0.2, 0.25) is 5.91 Å². The summed E-state index contributed by atoms with van der Waals surface area (Å²) in [7, 11) is 0. The highest BCUT2D eigenvalue weighted by Gasteiger charge is 2.08. The van der Waals surface area contributed by atoms with E-state index in [0.717, 1.165) is 17.7 Å². The van der Waals surface area contributed by atoms with Crippen LogP contribution in [0.3, 0.4) is 0 Å². The molecule has 5 nitrogen and oxygen atoms in total. The molecule has 0 saturated carbocycles. The SMILES string of the molecule is CCc1ccccc1NC(=O)CCc1nc2ccccc2c(=O)[nH]1. The number of carbonyl (C=O) groups is 1. The Labute approximate surface area is 139 Å². The first kappa shape index (κ1) is 15.9. The number of nitrogens with zero attached hydrogens (tertiary/aromatic N) is 1. The lowest BCUT2D eigenvalue weighted by Crippen LogP contribution is -2.16. The minimum absolute atomic E-state index is 0.0910. The maximum absolute atomic E-state index is 12.2. The summed E-state index contributed by atoms with van der Waals surface area (Å²) in [6, 6.07) is 14.9. The van der Waals surface area contributed by atoms with Gasteiger partial charge in [-0.1, -0.05) is 37.3 Å². The van der Waals surface area contributed by atoms with Gasteiger partial charge >= 0.3 is 0 Å². The van der Waals surface area contributed by atoms with Crippen LogP contribution in [0.25, 0.3) is 10.9 Å². The highest BCUT2D eigenvalue weighted by atomic mass is 16.1. The summed E-state index contributed by atoms with van der Waals surface area (Å²) in [4.78, 5) is 31.4. The Kier molecular flexibility index (Phi) is 4.70. The molecule has 1 aromatic heterocycles. The smallest absolute Gasteiger partial charge is 0.258 e. The van der Waals surface area contributed by atoms with E-state index in [1.807, 2.05) is 30.3 Å². The lowest BCUT2D eigenvalue weighted by molar-refractivity contribution is -0.116. The van der Waals surface area contributed by atoms with Gasteiger partial charge < -0.3 is 10.3 Å². The van der Waals surface area contributed by atoms with Gasteiger partial charge in [0.15, 0.2) is 0 Å². The van der Waals surface area contributed by atoms with E-state index in [4.69, 9.17) is 0 Å². The Morgan fingerprint density at radius 1 is 1.12 bits per heavy atom. The van der Waals surface area contributed by atoms with Crippen LogP contribution in [0, 0.1) is 0 Å². The molecule has 0 saturated heterocycles. The predicted molar refractivity (Wildman–Crippen MR) is 95.1 cm³/mol. The molecule has 122 valence electrons. The van der Waals surface area contributed by atoms with Crippen LogP contribution in [0.2, 0.25) is 0 Å². The van der Waals surface area contributed by atoms with E-state index in [2.05, 4.69) is 22.2 Å². The summed E-state index contributed by atoms with van der Waals surface area (Å²) in [6.45, 7) is 2.05. The number of hydrogen-bond acceptors (Lipinski definition) is 3. The molecule has 5 heteroatoms. The maximum Gasteiger partial charge on any atom is 0.258 e. The van der Waals surface area contributed by atoms with Crippen molar-refractivity contribution in [1.29, 1.82) is 0 Å². The number of benzene rings is 2.